The van der Waals surface area contributed by atoms with Gasteiger partial charge in [0.15, 0.2) is 5.16 Å². The Balaban J connectivity index is 2.60. The van der Waals surface area contributed by atoms with Crippen molar-refractivity contribution >= 4 is 17.7 Å². The van der Waals surface area contributed by atoms with Crippen molar-refractivity contribution in [2.24, 2.45) is 5.73 Å². The molecule has 0 atom stereocenters. The number of aromatic nitrogens is 3. The minimum absolute atomic E-state index is 0.0949. The van der Waals surface area contributed by atoms with E-state index in [9.17, 15) is 4.79 Å². The third-order valence-corrected chi connectivity index (χ3v) is 3.43. The number of hydrogen-bond donors (Lipinski definition) is 1. The van der Waals surface area contributed by atoms with Gasteiger partial charge >= 0.3 is 0 Å². The van der Waals surface area contributed by atoms with Crippen molar-refractivity contribution in [3.63, 3.8) is 0 Å². The van der Waals surface area contributed by atoms with Crippen LogP contribution in [-0.2, 0) is 11.3 Å². The van der Waals surface area contributed by atoms with Gasteiger partial charge in [0.05, 0.1) is 5.75 Å². The van der Waals surface area contributed by atoms with Gasteiger partial charge in [0, 0.05) is 26.7 Å². The van der Waals surface area contributed by atoms with E-state index < -0.39 is 0 Å². The Labute approximate surface area is 106 Å². The summed E-state index contributed by atoms with van der Waals surface area (Å²) in [5.41, 5.74) is 5.52. The zero-order valence-electron chi connectivity index (χ0n) is 10.5. The van der Waals surface area contributed by atoms with Gasteiger partial charge in [-0.1, -0.05) is 11.8 Å². The first-order chi connectivity index (χ1) is 8.10. The predicted octanol–water partition coefficient (Wildman–Crippen LogP) is 0.116. The van der Waals surface area contributed by atoms with Crippen LogP contribution in [-0.4, -0.2) is 51.5 Å². The Morgan fingerprint density at radius 1 is 1.53 bits per heavy atom. The summed E-state index contributed by atoms with van der Waals surface area (Å²) in [6.07, 6.45) is 0. The van der Waals surface area contributed by atoms with Gasteiger partial charge in [0.2, 0.25) is 5.91 Å². The second-order valence-corrected chi connectivity index (χ2v) is 4.61. The van der Waals surface area contributed by atoms with E-state index in [0.29, 0.717) is 25.4 Å². The minimum atomic E-state index is 0.0949. The van der Waals surface area contributed by atoms with Crippen molar-refractivity contribution in [2.45, 2.75) is 25.5 Å². The Morgan fingerprint density at radius 3 is 2.82 bits per heavy atom. The molecule has 1 aromatic rings. The summed E-state index contributed by atoms with van der Waals surface area (Å²) in [4.78, 5) is 13.3. The molecule has 0 spiro atoms. The number of hydrogen-bond acceptors (Lipinski definition) is 5. The second kappa shape index (κ2) is 6.61. The van der Waals surface area contributed by atoms with Crippen LogP contribution in [0.1, 0.15) is 12.7 Å². The van der Waals surface area contributed by atoms with Crippen LogP contribution in [0.25, 0.3) is 0 Å². The number of carbonyl (C=O) groups is 1. The first kappa shape index (κ1) is 14.0. The van der Waals surface area contributed by atoms with Crippen LogP contribution in [0.4, 0.5) is 0 Å². The lowest BCUT2D eigenvalue weighted by molar-refractivity contribution is -0.126. The maximum atomic E-state index is 11.6. The summed E-state index contributed by atoms with van der Waals surface area (Å²) in [6, 6.07) is 0. The summed E-state index contributed by atoms with van der Waals surface area (Å²) in [5.74, 6) is 1.30. The molecule has 0 aromatic carbocycles. The Bertz CT molecular complexity index is 379. The van der Waals surface area contributed by atoms with Gasteiger partial charge in [-0.3, -0.25) is 4.79 Å². The van der Waals surface area contributed by atoms with Crippen LogP contribution in [0.2, 0.25) is 0 Å². The fourth-order valence-corrected chi connectivity index (χ4v) is 2.22. The molecule has 0 saturated heterocycles. The van der Waals surface area contributed by atoms with Crippen LogP contribution in [0.3, 0.4) is 0 Å². The van der Waals surface area contributed by atoms with Gasteiger partial charge in [-0.05, 0) is 13.8 Å². The normalized spacial score (nSPS) is 10.6. The number of nitrogens with two attached hydrogens (primary N) is 1. The minimum Gasteiger partial charge on any atom is -0.345 e. The molecule has 0 aliphatic rings. The molecule has 7 heteroatoms. The average Bonchev–Trinajstić information content (AvgIpc) is 2.67. The number of amides is 1. The monoisotopic (exact) mass is 257 g/mol. The molecule has 6 nitrogen and oxygen atoms in total. The molecule has 1 rings (SSSR count). The van der Waals surface area contributed by atoms with Gasteiger partial charge in [0.25, 0.3) is 0 Å². The molecule has 1 amide bonds. The molecule has 0 fully saturated rings. The highest BCUT2D eigenvalue weighted by Crippen LogP contribution is 2.16. The smallest absolute Gasteiger partial charge is 0.232 e. The summed E-state index contributed by atoms with van der Waals surface area (Å²) in [7, 11) is 1.79. The van der Waals surface area contributed by atoms with E-state index in [0.717, 1.165) is 11.0 Å². The van der Waals surface area contributed by atoms with Crippen LogP contribution >= 0.6 is 11.8 Å². The molecule has 0 unspecified atom stereocenters. The molecule has 2 N–H and O–H groups in total. The lowest BCUT2D eigenvalue weighted by Gasteiger charge is -2.13. The fourth-order valence-electron chi connectivity index (χ4n) is 1.27. The van der Waals surface area contributed by atoms with Crippen LogP contribution in [0.5, 0.6) is 0 Å². The largest absolute Gasteiger partial charge is 0.345 e. The number of thioether (sulfide) groups is 1. The first-order valence-electron chi connectivity index (χ1n) is 5.56. The van der Waals surface area contributed by atoms with E-state index in [-0.39, 0.29) is 5.91 Å². The Kier molecular flexibility index (Phi) is 5.43. The van der Waals surface area contributed by atoms with Gasteiger partial charge in [-0.15, -0.1) is 10.2 Å². The molecule has 1 aromatic heterocycles. The maximum Gasteiger partial charge on any atom is 0.232 e. The molecule has 0 bridgehead atoms. The average molecular weight is 257 g/mol. The van der Waals surface area contributed by atoms with Crippen LogP contribution in [0, 0.1) is 6.92 Å². The highest BCUT2D eigenvalue weighted by Gasteiger charge is 2.12. The molecule has 17 heavy (non-hydrogen) atoms. The Hall–Kier alpha value is -1.08. The van der Waals surface area contributed by atoms with Crippen molar-refractivity contribution in [2.75, 3.05) is 25.9 Å². The zero-order chi connectivity index (χ0) is 12.8. The van der Waals surface area contributed by atoms with E-state index in [1.807, 2.05) is 18.4 Å². The molecule has 96 valence electrons. The molecular weight excluding hydrogens is 238 g/mol. The van der Waals surface area contributed by atoms with Gasteiger partial charge in [-0.25, -0.2) is 0 Å². The lowest BCUT2D eigenvalue weighted by Crippen LogP contribution is -2.28. The Morgan fingerprint density at radius 2 is 2.24 bits per heavy atom. The highest BCUT2D eigenvalue weighted by atomic mass is 32.2. The quantitative estimate of drug-likeness (QED) is 0.732. The topological polar surface area (TPSA) is 77.0 Å². The van der Waals surface area contributed by atoms with E-state index in [2.05, 4.69) is 10.2 Å². The van der Waals surface area contributed by atoms with Crippen LogP contribution in [0.15, 0.2) is 5.16 Å². The van der Waals surface area contributed by atoms with Crippen LogP contribution < -0.4 is 5.73 Å². The summed E-state index contributed by atoms with van der Waals surface area (Å²) in [5, 5.41) is 8.79. The number of rotatable bonds is 6. The van der Waals surface area contributed by atoms with Gasteiger partial charge in [0.1, 0.15) is 5.82 Å². The number of nitrogens with zero attached hydrogens (tertiary/aromatic N) is 4. The van der Waals surface area contributed by atoms with E-state index in [1.165, 1.54) is 11.8 Å². The van der Waals surface area contributed by atoms with Crippen molar-refractivity contribution in [3.05, 3.63) is 5.82 Å². The highest BCUT2D eigenvalue weighted by molar-refractivity contribution is 7.99. The fraction of sp³-hybridized carbons (Fsp3) is 0.700. The van der Waals surface area contributed by atoms with Crippen molar-refractivity contribution in [1.29, 1.82) is 0 Å². The summed E-state index contributed by atoms with van der Waals surface area (Å²) < 4.78 is 1.93. The van der Waals surface area contributed by atoms with E-state index in [1.54, 1.807) is 11.9 Å². The molecule has 0 aliphatic carbocycles. The number of aryl methyl sites for hydroxylation is 1. The predicted molar refractivity (Wildman–Crippen MR) is 67.8 cm³/mol. The van der Waals surface area contributed by atoms with Crippen molar-refractivity contribution in [3.8, 4) is 0 Å². The van der Waals surface area contributed by atoms with E-state index in [4.69, 9.17) is 5.73 Å². The van der Waals surface area contributed by atoms with Gasteiger partial charge < -0.3 is 15.2 Å². The van der Waals surface area contributed by atoms with Crippen molar-refractivity contribution < 1.29 is 4.79 Å². The molecular formula is C10H19N5OS. The summed E-state index contributed by atoms with van der Waals surface area (Å²) >= 11 is 1.40. The maximum absolute atomic E-state index is 11.6. The number of carbonyl (C=O) groups excluding carboxylic acids is 1. The third-order valence-electron chi connectivity index (χ3n) is 2.48. The third kappa shape index (κ3) is 3.71. The molecule has 0 saturated carbocycles. The first-order valence-corrected chi connectivity index (χ1v) is 6.55. The van der Waals surface area contributed by atoms with Gasteiger partial charge in [-0.2, -0.15) is 0 Å². The second-order valence-electron chi connectivity index (χ2n) is 3.67. The molecule has 0 aliphatic heterocycles. The molecule has 0 radical (unpaired) electrons. The molecule has 1 heterocycles. The summed E-state index contributed by atoms with van der Waals surface area (Å²) in [6.45, 7) is 5.76. The standard InChI is InChI=1S/C10H19N5OS/c1-4-14(3)9(16)7-17-10-13-12-8(2)15(10)6-5-11/h4-7,11H2,1-3H3. The lowest BCUT2D eigenvalue weighted by atomic mass is 10.5. The van der Waals surface area contributed by atoms with Crippen molar-refractivity contribution in [1.82, 2.24) is 19.7 Å². The SMILES string of the molecule is CCN(C)C(=O)CSc1nnc(C)n1CCN. The zero-order valence-corrected chi connectivity index (χ0v) is 11.3. The van der Waals surface area contributed by atoms with E-state index >= 15 is 0 Å².